The number of benzene rings is 1. The van der Waals surface area contributed by atoms with E-state index in [2.05, 4.69) is 10.3 Å². The summed E-state index contributed by atoms with van der Waals surface area (Å²) in [5.74, 6) is 1.97. The number of methoxy groups -OCH3 is 3. The average molecular weight is 281 g/mol. The number of hydrogen-bond acceptors (Lipinski definition) is 4. The van der Waals surface area contributed by atoms with Crippen molar-refractivity contribution in [1.82, 2.24) is 0 Å². The molecular weight excluding hydrogens is 258 g/mol. The first kappa shape index (κ1) is 15.9. The highest BCUT2D eigenvalue weighted by atomic mass is 16.5. The quantitative estimate of drug-likeness (QED) is 0.653. The van der Waals surface area contributed by atoms with Crippen LogP contribution >= 0.6 is 0 Å². The molecule has 20 heavy (non-hydrogen) atoms. The van der Waals surface area contributed by atoms with Gasteiger partial charge in [-0.05, 0) is 20.8 Å². The number of anilines is 1. The van der Waals surface area contributed by atoms with Crippen molar-refractivity contribution in [1.29, 1.82) is 0 Å². The number of nitrogens with two attached hydrogens (primary N) is 1. The molecule has 1 rings (SSSR count). The molecule has 0 unspecified atom stereocenters. The molecule has 0 saturated carbocycles. The van der Waals surface area contributed by atoms with Gasteiger partial charge in [0, 0.05) is 17.8 Å². The van der Waals surface area contributed by atoms with Crippen molar-refractivity contribution in [3.63, 3.8) is 0 Å². The van der Waals surface area contributed by atoms with Gasteiger partial charge in [-0.25, -0.2) is 4.99 Å². The largest absolute Gasteiger partial charge is 0.493 e. The van der Waals surface area contributed by atoms with Crippen LogP contribution in [-0.4, -0.2) is 32.8 Å². The zero-order valence-corrected chi connectivity index (χ0v) is 12.9. The summed E-state index contributed by atoms with van der Waals surface area (Å²) in [4.78, 5) is 4.33. The highest BCUT2D eigenvalue weighted by Crippen LogP contribution is 2.39. The predicted molar refractivity (Wildman–Crippen MR) is 81.1 cm³/mol. The second kappa shape index (κ2) is 6.36. The molecule has 6 heteroatoms. The fourth-order valence-electron chi connectivity index (χ4n) is 1.69. The normalized spacial score (nSPS) is 12.0. The minimum absolute atomic E-state index is 0.252. The molecule has 1 aromatic rings. The summed E-state index contributed by atoms with van der Waals surface area (Å²) in [5.41, 5.74) is 6.33. The van der Waals surface area contributed by atoms with Crippen LogP contribution < -0.4 is 25.3 Å². The van der Waals surface area contributed by atoms with Gasteiger partial charge in [-0.2, -0.15) is 0 Å². The van der Waals surface area contributed by atoms with E-state index in [4.69, 9.17) is 19.9 Å². The minimum Gasteiger partial charge on any atom is -0.493 e. The van der Waals surface area contributed by atoms with Crippen molar-refractivity contribution < 1.29 is 14.2 Å². The molecule has 6 nitrogen and oxygen atoms in total. The summed E-state index contributed by atoms with van der Waals surface area (Å²) in [6.07, 6.45) is 0. The third-order valence-corrected chi connectivity index (χ3v) is 2.39. The number of rotatable bonds is 4. The Bertz CT molecular complexity index is 468. The lowest BCUT2D eigenvalue weighted by Crippen LogP contribution is -2.27. The van der Waals surface area contributed by atoms with Crippen molar-refractivity contribution in [3.8, 4) is 17.2 Å². The van der Waals surface area contributed by atoms with Crippen LogP contribution in [0.4, 0.5) is 5.69 Å². The molecule has 0 bridgehead atoms. The lowest BCUT2D eigenvalue weighted by molar-refractivity contribution is 0.324. The first-order chi connectivity index (χ1) is 9.30. The molecule has 0 atom stereocenters. The molecule has 3 N–H and O–H groups in total. The summed E-state index contributed by atoms with van der Waals surface area (Å²) in [5, 5.41) is 3.01. The lowest BCUT2D eigenvalue weighted by atomic mass is 10.1. The number of nitrogens with one attached hydrogen (secondary N) is 1. The average Bonchev–Trinajstić information content (AvgIpc) is 2.35. The Morgan fingerprint density at radius 3 is 1.90 bits per heavy atom. The number of ether oxygens (including phenoxy) is 3. The second-order valence-corrected chi connectivity index (χ2v) is 5.21. The third-order valence-electron chi connectivity index (χ3n) is 2.39. The van der Waals surface area contributed by atoms with Gasteiger partial charge in [-0.3, -0.25) is 0 Å². The van der Waals surface area contributed by atoms with Gasteiger partial charge in [0.2, 0.25) is 5.75 Å². The van der Waals surface area contributed by atoms with E-state index >= 15 is 0 Å². The van der Waals surface area contributed by atoms with E-state index in [-0.39, 0.29) is 5.54 Å². The van der Waals surface area contributed by atoms with Crippen LogP contribution in [-0.2, 0) is 0 Å². The molecule has 0 aromatic heterocycles. The fraction of sp³-hybridized carbons (Fsp3) is 0.500. The maximum Gasteiger partial charge on any atom is 0.203 e. The third kappa shape index (κ3) is 4.22. The van der Waals surface area contributed by atoms with Gasteiger partial charge in [0.25, 0.3) is 0 Å². The van der Waals surface area contributed by atoms with E-state index < -0.39 is 0 Å². The van der Waals surface area contributed by atoms with Gasteiger partial charge in [-0.1, -0.05) is 0 Å². The Morgan fingerprint density at radius 1 is 1.05 bits per heavy atom. The van der Waals surface area contributed by atoms with Gasteiger partial charge in [-0.15, -0.1) is 0 Å². The van der Waals surface area contributed by atoms with Crippen molar-refractivity contribution >= 4 is 11.6 Å². The number of hydrogen-bond donors (Lipinski definition) is 2. The minimum atomic E-state index is -0.252. The highest BCUT2D eigenvalue weighted by molar-refractivity contribution is 5.93. The molecule has 0 heterocycles. The molecule has 0 spiro atoms. The predicted octanol–water partition coefficient (Wildman–Crippen LogP) is 2.24. The fourth-order valence-corrected chi connectivity index (χ4v) is 1.69. The molecular formula is C14H23N3O3. The molecule has 0 fully saturated rings. The molecule has 0 aliphatic heterocycles. The topological polar surface area (TPSA) is 78.1 Å². The van der Waals surface area contributed by atoms with E-state index in [1.807, 2.05) is 20.8 Å². The summed E-state index contributed by atoms with van der Waals surface area (Å²) in [7, 11) is 4.68. The Kier molecular flexibility index (Phi) is 5.07. The standard InChI is InChI=1S/C14H23N3O3/c1-14(2,3)17-13(15)16-9-7-10(18-4)12(20-6)11(8-9)19-5/h7-8H,1-6H3,(H3,15,16,17). The SMILES string of the molecule is COc1cc(NC(N)=NC(C)(C)C)cc(OC)c1OC. The van der Waals surface area contributed by atoms with Crippen molar-refractivity contribution in [2.45, 2.75) is 26.3 Å². The zero-order chi connectivity index (χ0) is 15.3. The Morgan fingerprint density at radius 2 is 1.55 bits per heavy atom. The number of aliphatic imine (C=N–C) groups is 1. The maximum absolute atomic E-state index is 5.87. The Hall–Kier alpha value is -2.11. The van der Waals surface area contributed by atoms with E-state index in [0.29, 0.717) is 28.9 Å². The van der Waals surface area contributed by atoms with Crippen LogP contribution in [0.5, 0.6) is 17.2 Å². The van der Waals surface area contributed by atoms with E-state index in [1.165, 1.54) is 0 Å². The Labute approximate surface area is 119 Å². The monoisotopic (exact) mass is 281 g/mol. The summed E-state index contributed by atoms with van der Waals surface area (Å²) < 4.78 is 15.8. The van der Waals surface area contributed by atoms with Crippen molar-refractivity contribution in [2.24, 2.45) is 10.7 Å². The van der Waals surface area contributed by atoms with Crippen LogP contribution in [0.15, 0.2) is 17.1 Å². The maximum atomic E-state index is 5.87. The van der Waals surface area contributed by atoms with Crippen molar-refractivity contribution in [2.75, 3.05) is 26.6 Å². The van der Waals surface area contributed by atoms with Gasteiger partial charge in [0.15, 0.2) is 17.5 Å². The van der Waals surface area contributed by atoms with Gasteiger partial charge >= 0.3 is 0 Å². The summed E-state index contributed by atoms with van der Waals surface area (Å²) in [6.45, 7) is 5.91. The molecule has 0 aliphatic rings. The molecule has 112 valence electrons. The van der Waals surface area contributed by atoms with E-state index in [9.17, 15) is 0 Å². The van der Waals surface area contributed by atoms with Gasteiger partial charge in [0.1, 0.15) is 0 Å². The molecule has 0 radical (unpaired) electrons. The van der Waals surface area contributed by atoms with Crippen LogP contribution in [0, 0.1) is 0 Å². The van der Waals surface area contributed by atoms with Gasteiger partial charge < -0.3 is 25.3 Å². The summed E-state index contributed by atoms with van der Waals surface area (Å²) in [6, 6.07) is 3.54. The molecule has 0 saturated heterocycles. The molecule has 0 aliphatic carbocycles. The molecule has 1 aromatic carbocycles. The van der Waals surface area contributed by atoms with Crippen LogP contribution in [0.3, 0.4) is 0 Å². The number of nitrogens with zero attached hydrogens (tertiary/aromatic N) is 1. The zero-order valence-electron chi connectivity index (χ0n) is 12.9. The Balaban J connectivity index is 3.11. The first-order valence-electron chi connectivity index (χ1n) is 6.23. The highest BCUT2D eigenvalue weighted by Gasteiger charge is 2.14. The molecule has 0 amide bonds. The van der Waals surface area contributed by atoms with Crippen molar-refractivity contribution in [3.05, 3.63) is 12.1 Å². The number of guanidine groups is 1. The van der Waals surface area contributed by atoms with E-state index in [1.54, 1.807) is 33.5 Å². The van der Waals surface area contributed by atoms with Crippen LogP contribution in [0.2, 0.25) is 0 Å². The lowest BCUT2D eigenvalue weighted by Gasteiger charge is -2.17. The van der Waals surface area contributed by atoms with Crippen LogP contribution in [0.25, 0.3) is 0 Å². The smallest absolute Gasteiger partial charge is 0.203 e. The van der Waals surface area contributed by atoms with Crippen LogP contribution in [0.1, 0.15) is 20.8 Å². The van der Waals surface area contributed by atoms with Gasteiger partial charge in [0.05, 0.1) is 26.9 Å². The first-order valence-corrected chi connectivity index (χ1v) is 6.23. The second-order valence-electron chi connectivity index (χ2n) is 5.21. The van der Waals surface area contributed by atoms with E-state index in [0.717, 1.165) is 0 Å². The summed E-state index contributed by atoms with van der Waals surface area (Å²) >= 11 is 0.